The highest BCUT2D eigenvalue weighted by molar-refractivity contribution is 5.92. The fourth-order valence-corrected chi connectivity index (χ4v) is 1.26. The Labute approximate surface area is 89.5 Å². The monoisotopic (exact) mass is 208 g/mol. The Morgan fingerprint density at radius 3 is 2.67 bits per heavy atom. The summed E-state index contributed by atoms with van der Waals surface area (Å²) >= 11 is 0. The number of benzene rings is 1. The van der Waals surface area contributed by atoms with Gasteiger partial charge in [-0.05, 0) is 20.2 Å². The number of likely N-dealkylation sites (N-methyl/N-ethyl adjacent to an activating group) is 1. The first-order valence-corrected chi connectivity index (χ1v) is 4.77. The van der Waals surface area contributed by atoms with Crippen LogP contribution in [0, 0.1) is 0 Å². The highest BCUT2D eigenvalue weighted by Gasteiger charge is 2.06. The third kappa shape index (κ3) is 3.69. The predicted molar refractivity (Wildman–Crippen MR) is 59.5 cm³/mol. The SMILES string of the molecule is CN(C)CC(=O)Nc1ccccc1CO. The van der Waals surface area contributed by atoms with Gasteiger partial charge in [0.15, 0.2) is 0 Å². The summed E-state index contributed by atoms with van der Waals surface area (Å²) in [6.07, 6.45) is 0. The van der Waals surface area contributed by atoms with E-state index in [0.717, 1.165) is 5.56 Å². The lowest BCUT2D eigenvalue weighted by Crippen LogP contribution is -2.27. The number of hydrogen-bond donors (Lipinski definition) is 2. The van der Waals surface area contributed by atoms with Crippen molar-refractivity contribution < 1.29 is 9.90 Å². The van der Waals surface area contributed by atoms with Crippen LogP contribution < -0.4 is 5.32 Å². The van der Waals surface area contributed by atoms with Crippen molar-refractivity contribution in [3.8, 4) is 0 Å². The number of carbonyl (C=O) groups excluding carboxylic acids is 1. The molecule has 0 saturated heterocycles. The van der Waals surface area contributed by atoms with E-state index in [9.17, 15) is 4.79 Å². The Morgan fingerprint density at radius 1 is 1.40 bits per heavy atom. The third-order valence-corrected chi connectivity index (χ3v) is 1.92. The minimum Gasteiger partial charge on any atom is -0.392 e. The van der Waals surface area contributed by atoms with E-state index < -0.39 is 0 Å². The molecule has 4 heteroatoms. The van der Waals surface area contributed by atoms with Gasteiger partial charge in [-0.25, -0.2) is 0 Å². The van der Waals surface area contributed by atoms with E-state index in [0.29, 0.717) is 12.2 Å². The molecule has 4 nitrogen and oxygen atoms in total. The van der Waals surface area contributed by atoms with E-state index >= 15 is 0 Å². The van der Waals surface area contributed by atoms with Crippen LogP contribution in [0.3, 0.4) is 0 Å². The Kier molecular flexibility index (Phi) is 4.27. The summed E-state index contributed by atoms with van der Waals surface area (Å²) in [5.74, 6) is -0.0825. The van der Waals surface area contributed by atoms with Gasteiger partial charge < -0.3 is 15.3 Å². The quantitative estimate of drug-likeness (QED) is 0.765. The summed E-state index contributed by atoms with van der Waals surface area (Å²) < 4.78 is 0. The molecule has 0 aromatic heterocycles. The first-order valence-electron chi connectivity index (χ1n) is 4.77. The van der Waals surface area contributed by atoms with E-state index in [1.54, 1.807) is 17.0 Å². The maximum absolute atomic E-state index is 11.5. The molecule has 1 amide bonds. The van der Waals surface area contributed by atoms with Crippen LogP contribution >= 0.6 is 0 Å². The molecule has 1 aromatic rings. The molecule has 0 aliphatic carbocycles. The van der Waals surface area contributed by atoms with E-state index in [2.05, 4.69) is 5.32 Å². The number of hydrogen-bond acceptors (Lipinski definition) is 3. The maximum atomic E-state index is 11.5. The van der Waals surface area contributed by atoms with Crippen LogP contribution in [0.2, 0.25) is 0 Å². The van der Waals surface area contributed by atoms with E-state index in [4.69, 9.17) is 5.11 Å². The molecule has 0 spiro atoms. The summed E-state index contributed by atoms with van der Waals surface area (Å²) in [4.78, 5) is 13.2. The number of nitrogens with one attached hydrogen (secondary N) is 1. The highest BCUT2D eigenvalue weighted by atomic mass is 16.3. The molecule has 15 heavy (non-hydrogen) atoms. The minimum atomic E-state index is -0.0825. The number of aliphatic hydroxyl groups is 1. The van der Waals surface area contributed by atoms with Gasteiger partial charge in [-0.1, -0.05) is 18.2 Å². The fourth-order valence-electron chi connectivity index (χ4n) is 1.26. The zero-order valence-corrected chi connectivity index (χ0v) is 9.03. The molecule has 0 bridgehead atoms. The molecule has 0 fully saturated rings. The molecule has 0 radical (unpaired) electrons. The average Bonchev–Trinajstić information content (AvgIpc) is 2.17. The van der Waals surface area contributed by atoms with Gasteiger partial charge in [0.2, 0.25) is 5.91 Å². The lowest BCUT2D eigenvalue weighted by atomic mass is 10.2. The van der Waals surface area contributed by atoms with E-state index in [-0.39, 0.29) is 12.5 Å². The van der Waals surface area contributed by atoms with Gasteiger partial charge in [0, 0.05) is 11.3 Å². The Morgan fingerprint density at radius 2 is 2.07 bits per heavy atom. The van der Waals surface area contributed by atoms with Crippen molar-refractivity contribution in [2.24, 2.45) is 0 Å². The van der Waals surface area contributed by atoms with Gasteiger partial charge in [0.05, 0.1) is 13.2 Å². The normalized spacial score (nSPS) is 10.4. The zero-order valence-electron chi connectivity index (χ0n) is 9.03. The van der Waals surface area contributed by atoms with Crippen LogP contribution in [0.25, 0.3) is 0 Å². The summed E-state index contributed by atoms with van der Waals surface area (Å²) in [5, 5.41) is 11.8. The summed E-state index contributed by atoms with van der Waals surface area (Å²) in [5.41, 5.74) is 1.40. The number of carbonyl (C=O) groups is 1. The standard InChI is InChI=1S/C11H16N2O2/c1-13(2)7-11(15)12-10-6-4-3-5-9(10)8-14/h3-6,14H,7-8H2,1-2H3,(H,12,15). The molecule has 0 atom stereocenters. The third-order valence-electron chi connectivity index (χ3n) is 1.92. The number of nitrogens with zero attached hydrogens (tertiary/aromatic N) is 1. The lowest BCUT2D eigenvalue weighted by Gasteiger charge is -2.12. The van der Waals surface area contributed by atoms with Crippen molar-refractivity contribution in [1.82, 2.24) is 4.90 Å². The van der Waals surface area contributed by atoms with Crippen molar-refractivity contribution in [1.29, 1.82) is 0 Å². The van der Waals surface area contributed by atoms with Gasteiger partial charge in [-0.3, -0.25) is 4.79 Å². The largest absolute Gasteiger partial charge is 0.392 e. The fraction of sp³-hybridized carbons (Fsp3) is 0.364. The number of aliphatic hydroxyl groups excluding tert-OH is 1. The van der Waals surface area contributed by atoms with Gasteiger partial charge >= 0.3 is 0 Å². The Bertz CT molecular complexity index is 337. The molecule has 1 rings (SSSR count). The first kappa shape index (κ1) is 11.7. The van der Waals surface area contributed by atoms with Gasteiger partial charge in [-0.2, -0.15) is 0 Å². The van der Waals surface area contributed by atoms with Crippen molar-refractivity contribution in [3.05, 3.63) is 29.8 Å². The summed E-state index contributed by atoms with van der Waals surface area (Å²) in [6.45, 7) is 0.262. The van der Waals surface area contributed by atoms with E-state index in [1.165, 1.54) is 0 Å². The van der Waals surface area contributed by atoms with Crippen molar-refractivity contribution in [3.63, 3.8) is 0 Å². The molecule has 82 valence electrons. The zero-order chi connectivity index (χ0) is 11.3. The Hall–Kier alpha value is -1.39. The summed E-state index contributed by atoms with van der Waals surface area (Å²) in [7, 11) is 3.66. The van der Waals surface area contributed by atoms with Gasteiger partial charge in [0.25, 0.3) is 0 Å². The first-order chi connectivity index (χ1) is 7.13. The molecule has 0 aliphatic rings. The van der Waals surface area contributed by atoms with Crippen molar-refractivity contribution >= 4 is 11.6 Å². The molecule has 1 aromatic carbocycles. The van der Waals surface area contributed by atoms with Crippen LogP contribution in [-0.2, 0) is 11.4 Å². The molecular formula is C11H16N2O2. The highest BCUT2D eigenvalue weighted by Crippen LogP contribution is 2.14. The van der Waals surface area contributed by atoms with E-state index in [1.807, 2.05) is 26.2 Å². The number of amides is 1. The molecule has 0 unspecified atom stereocenters. The lowest BCUT2D eigenvalue weighted by molar-refractivity contribution is -0.116. The molecule has 0 heterocycles. The van der Waals surface area contributed by atoms with Crippen LogP contribution in [0.5, 0.6) is 0 Å². The predicted octanol–water partition coefficient (Wildman–Crippen LogP) is 0.679. The second kappa shape index (κ2) is 5.48. The van der Waals surface area contributed by atoms with Crippen molar-refractivity contribution in [2.45, 2.75) is 6.61 Å². The van der Waals surface area contributed by atoms with Crippen molar-refractivity contribution in [2.75, 3.05) is 26.0 Å². The topological polar surface area (TPSA) is 52.6 Å². The average molecular weight is 208 g/mol. The number of anilines is 1. The minimum absolute atomic E-state index is 0.0710. The smallest absolute Gasteiger partial charge is 0.238 e. The number of rotatable bonds is 4. The van der Waals surface area contributed by atoms with Gasteiger partial charge in [0.1, 0.15) is 0 Å². The Balaban J connectivity index is 2.67. The van der Waals surface area contributed by atoms with Crippen LogP contribution in [0.4, 0.5) is 5.69 Å². The second-order valence-electron chi connectivity index (χ2n) is 3.60. The molecular weight excluding hydrogens is 192 g/mol. The van der Waals surface area contributed by atoms with Crippen LogP contribution in [-0.4, -0.2) is 36.6 Å². The summed E-state index contributed by atoms with van der Waals surface area (Å²) in [6, 6.07) is 7.21. The maximum Gasteiger partial charge on any atom is 0.238 e. The van der Waals surface area contributed by atoms with Gasteiger partial charge in [-0.15, -0.1) is 0 Å². The molecule has 2 N–H and O–H groups in total. The molecule has 0 saturated carbocycles. The second-order valence-corrected chi connectivity index (χ2v) is 3.60. The van der Waals surface area contributed by atoms with Crippen LogP contribution in [0.15, 0.2) is 24.3 Å². The number of para-hydroxylation sites is 1. The molecule has 0 aliphatic heterocycles. The van der Waals surface area contributed by atoms with Crippen LogP contribution in [0.1, 0.15) is 5.56 Å².